The Morgan fingerprint density at radius 2 is 1.22 bits per heavy atom. The maximum absolute atomic E-state index is 12.3. The number of aliphatic hydroxyl groups excluding tert-OH is 1. The quantitative estimate of drug-likeness (QED) is 0.0975. The fourth-order valence-electron chi connectivity index (χ4n) is 6.43. The molecule has 6 atom stereocenters. The zero-order valence-corrected chi connectivity index (χ0v) is 32.7. The first-order valence-corrected chi connectivity index (χ1v) is 19.9. The summed E-state index contributed by atoms with van der Waals surface area (Å²) in [5, 5.41) is 17.3. The molecule has 1 unspecified atom stereocenters. The molecule has 0 aliphatic heterocycles. The van der Waals surface area contributed by atoms with E-state index >= 15 is 0 Å². The second-order valence-corrected chi connectivity index (χ2v) is 14.2. The van der Waals surface area contributed by atoms with Crippen LogP contribution in [0.2, 0.25) is 0 Å². The maximum atomic E-state index is 12.3. The molecule has 9 heteroatoms. The lowest BCUT2D eigenvalue weighted by molar-refractivity contribution is -0.244. The van der Waals surface area contributed by atoms with E-state index < -0.39 is 30.5 Å². The van der Waals surface area contributed by atoms with Crippen molar-refractivity contribution in [2.75, 3.05) is 39.6 Å². The average Bonchev–Trinajstić information content (AvgIpc) is 3.41. The predicted molar refractivity (Wildman–Crippen MR) is 201 cm³/mol. The Labute approximate surface area is 303 Å². The van der Waals surface area contributed by atoms with Gasteiger partial charge in [-0.2, -0.15) is 0 Å². The van der Waals surface area contributed by atoms with Gasteiger partial charge in [0.25, 0.3) is 0 Å². The molecule has 2 aromatic rings. The monoisotopic (exact) mass is 703 g/mol. The Bertz CT molecular complexity index is 1170. The highest BCUT2D eigenvalue weighted by atomic mass is 16.6. The summed E-state index contributed by atoms with van der Waals surface area (Å²) < 4.78 is 41.1. The van der Waals surface area contributed by atoms with E-state index in [2.05, 4.69) is 67.5 Å². The van der Waals surface area contributed by atoms with Crippen LogP contribution in [0.3, 0.4) is 0 Å². The third-order valence-electron chi connectivity index (χ3n) is 9.59. The highest BCUT2D eigenvalue weighted by Gasteiger charge is 2.54. The summed E-state index contributed by atoms with van der Waals surface area (Å²) in [6.07, 6.45) is 7.54. The lowest BCUT2D eigenvalue weighted by Gasteiger charge is -2.48. The lowest BCUT2D eigenvalue weighted by atomic mass is 9.78. The molecule has 50 heavy (non-hydrogen) atoms. The molecule has 0 saturated heterocycles. The van der Waals surface area contributed by atoms with Crippen LogP contribution in [0.5, 0.6) is 11.6 Å². The van der Waals surface area contributed by atoms with E-state index in [1.807, 2.05) is 16.8 Å². The normalized spacial score (nSPS) is 22.4. The Kier molecular flexibility index (Phi) is 19.8. The molecule has 1 fully saturated rings. The summed E-state index contributed by atoms with van der Waals surface area (Å²) in [5.74, 6) is 1.04. The number of nitrogens with zero attached hydrogens (tertiary/aromatic N) is 2. The molecule has 0 spiro atoms. The van der Waals surface area contributed by atoms with Crippen LogP contribution in [0.4, 0.5) is 0 Å². The minimum Gasteiger partial charge on any atom is -0.494 e. The van der Waals surface area contributed by atoms with Gasteiger partial charge in [0.05, 0.1) is 19.3 Å². The van der Waals surface area contributed by atoms with Crippen LogP contribution in [0.1, 0.15) is 136 Å². The highest BCUT2D eigenvalue weighted by molar-refractivity contribution is 5.38. The van der Waals surface area contributed by atoms with Gasteiger partial charge in [-0.25, -0.2) is 0 Å². The molecule has 0 radical (unpaired) electrons. The van der Waals surface area contributed by atoms with E-state index in [4.69, 9.17) is 33.5 Å². The van der Waals surface area contributed by atoms with Gasteiger partial charge in [0.15, 0.2) is 6.10 Å². The van der Waals surface area contributed by atoms with E-state index in [0.29, 0.717) is 45.3 Å². The molecule has 3 rings (SSSR count). The van der Waals surface area contributed by atoms with Gasteiger partial charge in [0.1, 0.15) is 24.1 Å². The largest absolute Gasteiger partial charge is 0.494 e. The molecule has 1 N–H and O–H groups in total. The lowest BCUT2D eigenvalue weighted by Crippen LogP contribution is -2.66. The number of hydrogen-bond acceptors (Lipinski definition) is 8. The molecule has 1 saturated carbocycles. The predicted octanol–water partition coefficient (Wildman–Crippen LogP) is 8.65. The van der Waals surface area contributed by atoms with Crippen LogP contribution >= 0.6 is 0 Å². The van der Waals surface area contributed by atoms with Crippen LogP contribution in [0.25, 0.3) is 0 Å². The topological polar surface area (TPSA) is 93.4 Å². The number of unbranched alkanes of at least 4 members (excludes halogenated alkanes) is 5. The van der Waals surface area contributed by atoms with Gasteiger partial charge < -0.3 is 33.5 Å². The van der Waals surface area contributed by atoms with E-state index in [0.717, 1.165) is 93.4 Å². The SMILES string of the molecule is CCCCOC[C@H]1C(O)[C@@H](Oc2nn(C(C)C)c(C)c2Cc2ccc(OCCCC)cc2)[C@H](OCCCC)[C@@H](OCCCC)[C@@H]1OCCCC. The van der Waals surface area contributed by atoms with Gasteiger partial charge in [-0.15, -0.1) is 5.10 Å². The minimum absolute atomic E-state index is 0.134. The Hall–Kier alpha value is -2.17. The van der Waals surface area contributed by atoms with Gasteiger partial charge >= 0.3 is 0 Å². The van der Waals surface area contributed by atoms with Gasteiger partial charge in [-0.1, -0.05) is 78.9 Å². The first-order chi connectivity index (χ1) is 24.3. The minimum atomic E-state index is -0.919. The molecule has 9 nitrogen and oxygen atoms in total. The number of aliphatic hydroxyl groups is 1. The van der Waals surface area contributed by atoms with Crippen LogP contribution in [-0.2, 0) is 25.4 Å². The van der Waals surface area contributed by atoms with E-state index in [9.17, 15) is 5.11 Å². The Balaban J connectivity index is 2.03. The summed E-state index contributed by atoms with van der Waals surface area (Å²) >= 11 is 0. The van der Waals surface area contributed by atoms with Gasteiger partial charge in [0.2, 0.25) is 5.88 Å². The maximum Gasteiger partial charge on any atom is 0.237 e. The van der Waals surface area contributed by atoms with Crippen LogP contribution in [0.15, 0.2) is 24.3 Å². The van der Waals surface area contributed by atoms with E-state index in [-0.39, 0.29) is 12.0 Å². The molecule has 0 bridgehead atoms. The van der Waals surface area contributed by atoms with Crippen molar-refractivity contribution in [3.8, 4) is 11.6 Å². The first kappa shape index (κ1) is 42.2. The molecule has 1 aliphatic carbocycles. The summed E-state index contributed by atoms with van der Waals surface area (Å²) in [4.78, 5) is 0. The van der Waals surface area contributed by atoms with Gasteiger partial charge in [-0.05, 0) is 70.6 Å². The molecular formula is C41H70N2O7. The molecule has 1 aromatic heterocycles. The van der Waals surface area contributed by atoms with E-state index in [1.165, 1.54) is 0 Å². The summed E-state index contributed by atoms with van der Waals surface area (Å²) in [5.41, 5.74) is 3.18. The molecule has 1 heterocycles. The molecule has 1 aliphatic rings. The zero-order chi connectivity index (χ0) is 36.3. The molecular weight excluding hydrogens is 632 g/mol. The van der Waals surface area contributed by atoms with Crippen molar-refractivity contribution >= 4 is 0 Å². The number of ether oxygens (including phenoxy) is 6. The van der Waals surface area contributed by atoms with E-state index in [1.54, 1.807) is 0 Å². The van der Waals surface area contributed by atoms with Crippen LogP contribution in [0, 0.1) is 12.8 Å². The van der Waals surface area contributed by atoms with Crippen molar-refractivity contribution in [3.05, 3.63) is 41.1 Å². The first-order valence-electron chi connectivity index (χ1n) is 19.9. The van der Waals surface area contributed by atoms with Crippen molar-refractivity contribution < 1.29 is 33.5 Å². The standard InChI is InChI=1S/C41H70N2O7/c1-9-14-23-45-29-35-36(44)38(40(49-27-18-13-5)39(48-26-17-12-4)37(35)47-25-16-11-3)50-41-34(31(8)43(42-41)30(6)7)28-32-19-21-33(22-20-32)46-24-15-10-2/h19-22,30,35-40,44H,9-18,23-29H2,1-8H3/t35-,36?,37+,38+,39-,40-/m0/s1. The van der Waals surface area contributed by atoms with Gasteiger partial charge in [0, 0.05) is 56.1 Å². The molecule has 0 amide bonds. The third-order valence-corrected chi connectivity index (χ3v) is 9.59. The number of hydrogen-bond donors (Lipinski definition) is 1. The molecule has 286 valence electrons. The summed E-state index contributed by atoms with van der Waals surface area (Å²) in [7, 11) is 0. The zero-order valence-electron chi connectivity index (χ0n) is 32.7. The fraction of sp³-hybridized carbons (Fsp3) is 0.780. The second kappa shape index (κ2) is 23.4. The molecule has 1 aromatic carbocycles. The van der Waals surface area contributed by atoms with Crippen molar-refractivity contribution in [1.82, 2.24) is 9.78 Å². The third kappa shape index (κ3) is 12.5. The fourth-order valence-corrected chi connectivity index (χ4v) is 6.43. The van der Waals surface area contributed by atoms with Crippen molar-refractivity contribution in [3.63, 3.8) is 0 Å². The smallest absolute Gasteiger partial charge is 0.237 e. The second-order valence-electron chi connectivity index (χ2n) is 14.2. The van der Waals surface area contributed by atoms with Gasteiger partial charge in [-0.3, -0.25) is 4.68 Å². The summed E-state index contributed by atoms with van der Waals surface area (Å²) in [6.45, 7) is 20.6. The number of aromatic nitrogens is 2. The van der Waals surface area contributed by atoms with Crippen molar-refractivity contribution in [2.24, 2.45) is 5.92 Å². The Morgan fingerprint density at radius 3 is 1.78 bits per heavy atom. The average molecular weight is 703 g/mol. The van der Waals surface area contributed by atoms with Crippen molar-refractivity contribution in [1.29, 1.82) is 0 Å². The van der Waals surface area contributed by atoms with Crippen LogP contribution in [-0.4, -0.2) is 85.0 Å². The van der Waals surface area contributed by atoms with Crippen LogP contribution < -0.4 is 9.47 Å². The number of rotatable bonds is 26. The highest BCUT2D eigenvalue weighted by Crippen LogP contribution is 2.37. The Morgan fingerprint density at radius 1 is 0.700 bits per heavy atom. The number of benzene rings is 1. The van der Waals surface area contributed by atoms with Crippen molar-refractivity contribution in [2.45, 2.75) is 163 Å². The summed E-state index contributed by atoms with van der Waals surface area (Å²) in [6, 6.07) is 8.44.